The summed E-state index contributed by atoms with van der Waals surface area (Å²) in [5, 5.41) is 19.6. The molecule has 166 valence electrons. The van der Waals surface area contributed by atoms with Crippen molar-refractivity contribution in [2.24, 2.45) is 0 Å². The van der Waals surface area contributed by atoms with Crippen molar-refractivity contribution in [2.75, 3.05) is 0 Å². The van der Waals surface area contributed by atoms with Crippen LogP contribution in [0.4, 0.5) is 4.39 Å². The second-order valence-corrected chi connectivity index (χ2v) is 7.66. The van der Waals surface area contributed by atoms with Crippen molar-refractivity contribution >= 4 is 23.5 Å². The van der Waals surface area contributed by atoms with E-state index in [2.05, 4.69) is 20.5 Å². The molecule has 0 unspecified atom stereocenters. The molecule has 0 aliphatic heterocycles. The number of pyridine rings is 1. The Labute approximate surface area is 193 Å². The maximum absolute atomic E-state index is 14.8. The summed E-state index contributed by atoms with van der Waals surface area (Å²) < 4.78 is 14.8. The van der Waals surface area contributed by atoms with Gasteiger partial charge in [0.15, 0.2) is 0 Å². The number of nitrogens with one attached hydrogen (secondary N) is 2. The third-order valence-corrected chi connectivity index (χ3v) is 5.24. The molecule has 9 heteroatoms. The number of aromatic nitrogens is 3. The summed E-state index contributed by atoms with van der Waals surface area (Å²) in [6.07, 6.45) is 1.52. The van der Waals surface area contributed by atoms with E-state index >= 15 is 0 Å². The van der Waals surface area contributed by atoms with Crippen LogP contribution in [0.15, 0.2) is 72.9 Å². The van der Waals surface area contributed by atoms with Gasteiger partial charge < -0.3 is 10.4 Å². The summed E-state index contributed by atoms with van der Waals surface area (Å²) in [5.74, 6) is -2.60. The van der Waals surface area contributed by atoms with E-state index in [1.165, 1.54) is 24.4 Å². The van der Waals surface area contributed by atoms with Gasteiger partial charge in [0, 0.05) is 34.5 Å². The third kappa shape index (κ3) is 5.07. The summed E-state index contributed by atoms with van der Waals surface area (Å²) in [5.41, 5.74) is 2.05. The van der Waals surface area contributed by atoms with Crippen molar-refractivity contribution in [3.63, 3.8) is 0 Å². The minimum Gasteiger partial charge on any atom is -0.480 e. The molecule has 2 heterocycles. The average molecular weight is 465 g/mol. The molecule has 0 spiro atoms. The molecule has 3 N–H and O–H groups in total. The molecule has 0 radical (unpaired) electrons. The maximum Gasteiger partial charge on any atom is 0.326 e. The number of hydrogen-bond donors (Lipinski definition) is 3. The van der Waals surface area contributed by atoms with Gasteiger partial charge in [-0.1, -0.05) is 35.9 Å². The van der Waals surface area contributed by atoms with Crippen LogP contribution in [0, 0.1) is 5.82 Å². The first-order valence-corrected chi connectivity index (χ1v) is 10.3. The smallest absolute Gasteiger partial charge is 0.326 e. The number of carboxylic acid groups (broad SMARTS) is 1. The van der Waals surface area contributed by atoms with E-state index in [-0.39, 0.29) is 23.2 Å². The highest BCUT2D eigenvalue weighted by molar-refractivity contribution is 6.30. The first kappa shape index (κ1) is 22.2. The molecule has 33 heavy (non-hydrogen) atoms. The Morgan fingerprint density at radius 2 is 1.88 bits per heavy atom. The van der Waals surface area contributed by atoms with Crippen molar-refractivity contribution in [2.45, 2.75) is 12.5 Å². The summed E-state index contributed by atoms with van der Waals surface area (Å²) in [6, 6.07) is 16.5. The molecule has 1 atom stereocenters. The predicted octanol–water partition coefficient (Wildman–Crippen LogP) is 4.36. The number of nitrogens with zero attached hydrogens (tertiary/aromatic N) is 2. The Hall–Kier alpha value is -4.04. The van der Waals surface area contributed by atoms with Crippen LogP contribution in [0.25, 0.3) is 22.5 Å². The van der Waals surface area contributed by atoms with Gasteiger partial charge in [0.05, 0.1) is 17.0 Å². The van der Waals surface area contributed by atoms with Gasteiger partial charge in [-0.05, 0) is 42.5 Å². The van der Waals surface area contributed by atoms with Gasteiger partial charge in [-0.2, -0.15) is 5.10 Å². The van der Waals surface area contributed by atoms with E-state index in [4.69, 9.17) is 11.6 Å². The Morgan fingerprint density at radius 3 is 2.58 bits per heavy atom. The SMILES string of the molecule is O=C(N[C@H](Cc1ccccn1)C(=O)O)c1cccc(F)c1-c1cc(-c2ccc(Cl)cc2)n[nH]1. The summed E-state index contributed by atoms with van der Waals surface area (Å²) in [4.78, 5) is 28.8. The Balaban J connectivity index is 1.63. The van der Waals surface area contributed by atoms with Gasteiger partial charge >= 0.3 is 5.97 Å². The number of hydrogen-bond acceptors (Lipinski definition) is 4. The monoisotopic (exact) mass is 464 g/mol. The number of aliphatic carboxylic acids is 1. The van der Waals surface area contributed by atoms with Crippen LogP contribution >= 0.6 is 11.6 Å². The van der Waals surface area contributed by atoms with Gasteiger partial charge in [-0.3, -0.25) is 14.9 Å². The van der Waals surface area contributed by atoms with Crippen molar-refractivity contribution in [1.82, 2.24) is 20.5 Å². The van der Waals surface area contributed by atoms with Crippen molar-refractivity contribution in [1.29, 1.82) is 0 Å². The molecule has 4 rings (SSSR count). The van der Waals surface area contributed by atoms with Crippen molar-refractivity contribution in [3.05, 3.63) is 95.0 Å². The van der Waals surface area contributed by atoms with E-state index in [1.54, 1.807) is 48.5 Å². The largest absolute Gasteiger partial charge is 0.480 e. The number of carbonyl (C=O) groups is 2. The lowest BCUT2D eigenvalue weighted by Gasteiger charge is -2.16. The van der Waals surface area contributed by atoms with Crippen LogP contribution in [-0.2, 0) is 11.2 Å². The highest BCUT2D eigenvalue weighted by Gasteiger charge is 2.25. The number of rotatable bonds is 7. The lowest BCUT2D eigenvalue weighted by molar-refractivity contribution is -0.139. The molecule has 0 saturated carbocycles. The standard InChI is InChI=1S/C24H18ClFN4O3/c25-15-9-7-14(8-10-15)19-13-20(30-29-19)22-17(5-3-6-18(22)26)23(31)28-21(24(32)33)12-16-4-1-2-11-27-16/h1-11,13,21H,12H2,(H,28,31)(H,29,30)(H,32,33)/t21-/m1/s1. The number of H-pyrrole nitrogens is 1. The molecule has 0 fully saturated rings. The van der Waals surface area contributed by atoms with E-state index in [0.717, 1.165) is 5.56 Å². The fraction of sp³-hybridized carbons (Fsp3) is 0.0833. The lowest BCUT2D eigenvalue weighted by Crippen LogP contribution is -2.42. The van der Waals surface area contributed by atoms with E-state index < -0.39 is 23.7 Å². The Bertz CT molecular complexity index is 1290. The molecular formula is C24H18ClFN4O3. The molecule has 7 nitrogen and oxygen atoms in total. The number of carboxylic acids is 1. The summed E-state index contributed by atoms with van der Waals surface area (Å²) in [7, 11) is 0. The fourth-order valence-electron chi connectivity index (χ4n) is 3.37. The quantitative estimate of drug-likeness (QED) is 0.376. The van der Waals surface area contributed by atoms with E-state index in [9.17, 15) is 19.1 Å². The molecular weight excluding hydrogens is 447 g/mol. The molecule has 0 bridgehead atoms. The number of benzene rings is 2. The number of halogens is 2. The summed E-state index contributed by atoms with van der Waals surface area (Å²) >= 11 is 5.92. The van der Waals surface area contributed by atoms with Gasteiger partial charge in [0.2, 0.25) is 0 Å². The molecule has 2 aromatic heterocycles. The molecule has 4 aromatic rings. The van der Waals surface area contributed by atoms with Gasteiger partial charge in [0.1, 0.15) is 11.9 Å². The lowest BCUT2D eigenvalue weighted by atomic mass is 10.0. The molecule has 0 saturated heterocycles. The Kier molecular flexibility index (Phi) is 6.46. The van der Waals surface area contributed by atoms with Crippen molar-refractivity contribution in [3.8, 4) is 22.5 Å². The first-order valence-electron chi connectivity index (χ1n) is 9.96. The zero-order valence-electron chi connectivity index (χ0n) is 17.1. The minimum absolute atomic E-state index is 0.00955. The third-order valence-electron chi connectivity index (χ3n) is 4.99. The van der Waals surface area contributed by atoms with E-state index in [1.807, 2.05) is 0 Å². The second-order valence-electron chi connectivity index (χ2n) is 7.23. The normalized spacial score (nSPS) is 11.7. The topological polar surface area (TPSA) is 108 Å². The van der Waals surface area contributed by atoms with Crippen molar-refractivity contribution < 1.29 is 19.1 Å². The van der Waals surface area contributed by atoms with Crippen LogP contribution in [0.3, 0.4) is 0 Å². The predicted molar refractivity (Wildman–Crippen MR) is 121 cm³/mol. The molecule has 0 aliphatic rings. The van der Waals surface area contributed by atoms with Crippen LogP contribution in [0.1, 0.15) is 16.1 Å². The van der Waals surface area contributed by atoms with Crippen LogP contribution in [0.2, 0.25) is 5.02 Å². The summed E-state index contributed by atoms with van der Waals surface area (Å²) in [6.45, 7) is 0. The average Bonchev–Trinajstić information content (AvgIpc) is 3.29. The first-order chi connectivity index (χ1) is 15.9. The fourth-order valence-corrected chi connectivity index (χ4v) is 3.50. The minimum atomic E-state index is -1.24. The maximum atomic E-state index is 14.8. The second kappa shape index (κ2) is 9.62. The van der Waals surface area contributed by atoms with Crippen LogP contribution in [-0.4, -0.2) is 38.2 Å². The highest BCUT2D eigenvalue weighted by atomic mass is 35.5. The van der Waals surface area contributed by atoms with Crippen LogP contribution < -0.4 is 5.32 Å². The van der Waals surface area contributed by atoms with Gasteiger partial charge in [0.25, 0.3) is 5.91 Å². The number of carbonyl (C=O) groups excluding carboxylic acids is 1. The van der Waals surface area contributed by atoms with Gasteiger partial charge in [-0.25, -0.2) is 9.18 Å². The number of aromatic amines is 1. The van der Waals surface area contributed by atoms with Gasteiger partial charge in [-0.15, -0.1) is 0 Å². The highest BCUT2D eigenvalue weighted by Crippen LogP contribution is 2.29. The van der Waals surface area contributed by atoms with E-state index in [0.29, 0.717) is 16.4 Å². The molecule has 0 aliphatic carbocycles. The number of amides is 1. The zero-order chi connectivity index (χ0) is 23.4. The molecule has 2 aromatic carbocycles. The zero-order valence-corrected chi connectivity index (χ0v) is 17.9. The Morgan fingerprint density at radius 1 is 1.09 bits per heavy atom. The van der Waals surface area contributed by atoms with Crippen LogP contribution in [0.5, 0.6) is 0 Å². The molecule has 1 amide bonds.